The Balaban J connectivity index is 1.83. The van der Waals surface area contributed by atoms with E-state index in [-0.39, 0.29) is 6.03 Å². The van der Waals surface area contributed by atoms with Crippen molar-refractivity contribution >= 4 is 6.03 Å². The number of rotatable bonds is 3. The Bertz CT molecular complexity index is 281. The molecule has 0 atom stereocenters. The van der Waals surface area contributed by atoms with Gasteiger partial charge in [-0.3, -0.25) is 0 Å². The van der Waals surface area contributed by atoms with E-state index in [1.807, 2.05) is 4.90 Å². The topological polar surface area (TPSA) is 58.4 Å². The molecule has 2 amide bonds. The van der Waals surface area contributed by atoms with E-state index in [1.54, 1.807) is 0 Å². The molecular formula is C15H29N3O. The molecule has 0 spiro atoms. The quantitative estimate of drug-likeness (QED) is 0.826. The molecule has 0 heterocycles. The second-order valence-corrected chi connectivity index (χ2v) is 6.14. The SMILES string of the molecule is CCN(C(=O)NC1CCCCC1)C1CCC(N)CC1. The highest BCUT2D eigenvalue weighted by Crippen LogP contribution is 2.23. The third-order valence-corrected chi connectivity index (χ3v) is 4.72. The number of carbonyl (C=O) groups is 1. The van der Waals surface area contributed by atoms with Gasteiger partial charge in [-0.25, -0.2) is 4.79 Å². The Morgan fingerprint density at radius 1 is 1.11 bits per heavy atom. The predicted octanol–water partition coefficient (Wildman–Crippen LogP) is 2.62. The molecule has 4 heteroatoms. The number of amides is 2. The molecule has 0 aromatic heterocycles. The summed E-state index contributed by atoms with van der Waals surface area (Å²) in [7, 11) is 0. The van der Waals surface area contributed by atoms with Crippen molar-refractivity contribution in [3.05, 3.63) is 0 Å². The van der Waals surface area contributed by atoms with Gasteiger partial charge in [0.15, 0.2) is 0 Å². The summed E-state index contributed by atoms with van der Waals surface area (Å²) in [5, 5.41) is 3.23. The first-order chi connectivity index (χ1) is 9.20. The lowest BCUT2D eigenvalue weighted by molar-refractivity contribution is 0.150. The van der Waals surface area contributed by atoms with Crippen molar-refractivity contribution in [3.8, 4) is 0 Å². The number of carbonyl (C=O) groups excluding carboxylic acids is 1. The second-order valence-electron chi connectivity index (χ2n) is 6.14. The average molecular weight is 267 g/mol. The first-order valence-electron chi connectivity index (χ1n) is 8.03. The highest BCUT2D eigenvalue weighted by molar-refractivity contribution is 5.74. The first kappa shape index (κ1) is 14.6. The Morgan fingerprint density at radius 2 is 1.74 bits per heavy atom. The molecule has 4 nitrogen and oxygen atoms in total. The van der Waals surface area contributed by atoms with Gasteiger partial charge in [0.25, 0.3) is 0 Å². The van der Waals surface area contributed by atoms with Gasteiger partial charge < -0.3 is 16.0 Å². The molecule has 19 heavy (non-hydrogen) atoms. The summed E-state index contributed by atoms with van der Waals surface area (Å²) in [6.07, 6.45) is 10.4. The van der Waals surface area contributed by atoms with Gasteiger partial charge >= 0.3 is 6.03 Å². The van der Waals surface area contributed by atoms with Crippen molar-refractivity contribution < 1.29 is 4.79 Å². The van der Waals surface area contributed by atoms with Crippen molar-refractivity contribution in [2.24, 2.45) is 5.73 Å². The number of nitrogens with two attached hydrogens (primary N) is 1. The third kappa shape index (κ3) is 4.10. The fourth-order valence-corrected chi connectivity index (χ4v) is 3.49. The van der Waals surface area contributed by atoms with Crippen molar-refractivity contribution in [1.82, 2.24) is 10.2 Å². The van der Waals surface area contributed by atoms with Crippen LogP contribution in [-0.2, 0) is 0 Å². The summed E-state index contributed by atoms with van der Waals surface area (Å²) in [5.41, 5.74) is 5.95. The lowest BCUT2D eigenvalue weighted by atomic mass is 9.91. The van der Waals surface area contributed by atoms with E-state index < -0.39 is 0 Å². The van der Waals surface area contributed by atoms with Crippen LogP contribution in [0.15, 0.2) is 0 Å². The molecule has 0 aromatic rings. The number of hydrogen-bond donors (Lipinski definition) is 2. The van der Waals surface area contributed by atoms with Crippen LogP contribution in [0.1, 0.15) is 64.7 Å². The second kappa shape index (κ2) is 7.13. The number of hydrogen-bond acceptors (Lipinski definition) is 2. The summed E-state index contributed by atoms with van der Waals surface area (Å²) < 4.78 is 0. The van der Waals surface area contributed by atoms with Crippen LogP contribution in [0.3, 0.4) is 0 Å². The van der Waals surface area contributed by atoms with Gasteiger partial charge in [0.05, 0.1) is 0 Å². The maximum atomic E-state index is 12.4. The van der Waals surface area contributed by atoms with Gasteiger partial charge in [-0.15, -0.1) is 0 Å². The van der Waals surface area contributed by atoms with Crippen LogP contribution in [0.4, 0.5) is 4.79 Å². The van der Waals surface area contributed by atoms with Crippen LogP contribution in [0.5, 0.6) is 0 Å². The Kier molecular flexibility index (Phi) is 5.49. The maximum Gasteiger partial charge on any atom is 0.317 e. The Morgan fingerprint density at radius 3 is 2.32 bits per heavy atom. The maximum absolute atomic E-state index is 12.4. The Labute approximate surface area is 117 Å². The van der Waals surface area contributed by atoms with Crippen molar-refractivity contribution in [3.63, 3.8) is 0 Å². The van der Waals surface area contributed by atoms with E-state index in [2.05, 4.69) is 12.2 Å². The van der Waals surface area contributed by atoms with Gasteiger partial charge in [-0.1, -0.05) is 19.3 Å². The molecule has 2 aliphatic carbocycles. The summed E-state index contributed by atoms with van der Waals surface area (Å²) in [6, 6.07) is 1.29. The fraction of sp³-hybridized carbons (Fsp3) is 0.933. The summed E-state index contributed by atoms with van der Waals surface area (Å²) >= 11 is 0. The minimum atomic E-state index is 0.148. The van der Waals surface area contributed by atoms with Crippen molar-refractivity contribution in [2.75, 3.05) is 6.54 Å². The highest BCUT2D eigenvalue weighted by Gasteiger charge is 2.27. The third-order valence-electron chi connectivity index (χ3n) is 4.72. The minimum Gasteiger partial charge on any atom is -0.335 e. The molecule has 0 saturated heterocycles. The number of urea groups is 1. The van der Waals surface area contributed by atoms with Crippen LogP contribution in [0.2, 0.25) is 0 Å². The highest BCUT2D eigenvalue weighted by atomic mass is 16.2. The van der Waals surface area contributed by atoms with E-state index in [0.29, 0.717) is 18.1 Å². The van der Waals surface area contributed by atoms with E-state index in [4.69, 9.17) is 5.73 Å². The standard InChI is InChI=1S/C15H29N3O/c1-2-18(14-10-8-12(16)9-11-14)15(19)17-13-6-4-3-5-7-13/h12-14H,2-11,16H2,1H3,(H,17,19). The van der Waals surface area contributed by atoms with E-state index in [9.17, 15) is 4.79 Å². The fourth-order valence-electron chi connectivity index (χ4n) is 3.49. The monoisotopic (exact) mass is 267 g/mol. The van der Waals surface area contributed by atoms with Crippen LogP contribution < -0.4 is 11.1 Å². The molecule has 110 valence electrons. The van der Waals surface area contributed by atoms with Crippen molar-refractivity contribution in [2.45, 2.75) is 82.8 Å². The Hall–Kier alpha value is -0.770. The van der Waals surface area contributed by atoms with E-state index >= 15 is 0 Å². The zero-order chi connectivity index (χ0) is 13.7. The molecular weight excluding hydrogens is 238 g/mol. The zero-order valence-corrected chi connectivity index (χ0v) is 12.2. The molecule has 2 saturated carbocycles. The smallest absolute Gasteiger partial charge is 0.317 e. The number of nitrogens with one attached hydrogen (secondary N) is 1. The van der Waals surface area contributed by atoms with E-state index in [1.165, 1.54) is 19.3 Å². The summed E-state index contributed by atoms with van der Waals surface area (Å²) in [4.78, 5) is 14.4. The van der Waals surface area contributed by atoms with Crippen LogP contribution in [0.25, 0.3) is 0 Å². The van der Waals surface area contributed by atoms with Gasteiger partial charge in [0, 0.05) is 24.7 Å². The van der Waals surface area contributed by atoms with Crippen molar-refractivity contribution in [1.29, 1.82) is 0 Å². The van der Waals surface area contributed by atoms with Crippen LogP contribution in [-0.4, -0.2) is 35.6 Å². The van der Waals surface area contributed by atoms with Gasteiger partial charge in [0.1, 0.15) is 0 Å². The molecule has 3 N–H and O–H groups in total. The largest absolute Gasteiger partial charge is 0.335 e. The van der Waals surface area contributed by atoms with Gasteiger partial charge in [-0.05, 0) is 45.4 Å². The van der Waals surface area contributed by atoms with E-state index in [0.717, 1.165) is 45.1 Å². The van der Waals surface area contributed by atoms with Gasteiger partial charge in [-0.2, -0.15) is 0 Å². The molecule has 0 bridgehead atoms. The first-order valence-corrected chi connectivity index (χ1v) is 8.03. The molecule has 0 radical (unpaired) electrons. The minimum absolute atomic E-state index is 0.148. The molecule has 2 aliphatic rings. The van der Waals surface area contributed by atoms with Gasteiger partial charge in [0.2, 0.25) is 0 Å². The normalized spacial score (nSPS) is 28.9. The molecule has 2 rings (SSSR count). The van der Waals surface area contributed by atoms with Crippen LogP contribution in [0, 0.1) is 0 Å². The summed E-state index contributed by atoms with van der Waals surface area (Å²) in [6.45, 7) is 2.88. The summed E-state index contributed by atoms with van der Waals surface area (Å²) in [5.74, 6) is 0. The number of nitrogens with zero attached hydrogens (tertiary/aromatic N) is 1. The molecule has 0 aromatic carbocycles. The van der Waals surface area contributed by atoms with Crippen LogP contribution >= 0.6 is 0 Å². The molecule has 2 fully saturated rings. The zero-order valence-electron chi connectivity index (χ0n) is 12.2. The predicted molar refractivity (Wildman–Crippen MR) is 78.0 cm³/mol. The average Bonchev–Trinajstić information content (AvgIpc) is 2.43. The molecule has 0 aliphatic heterocycles. The molecule has 0 unspecified atom stereocenters. The lowest BCUT2D eigenvalue weighted by Crippen LogP contribution is -2.51. The lowest BCUT2D eigenvalue weighted by Gasteiger charge is -2.36.